The highest BCUT2D eigenvalue weighted by molar-refractivity contribution is 6.00. The van der Waals surface area contributed by atoms with E-state index in [1.165, 1.54) is 0 Å². The fourth-order valence-electron chi connectivity index (χ4n) is 8.41. The summed E-state index contributed by atoms with van der Waals surface area (Å²) in [6.45, 7) is 5.92. The van der Waals surface area contributed by atoms with Gasteiger partial charge in [0.1, 0.15) is 23.9 Å². The molecule has 2 aromatic rings. The van der Waals surface area contributed by atoms with Gasteiger partial charge in [0.05, 0.1) is 18.8 Å². The number of halogens is 1. The van der Waals surface area contributed by atoms with Crippen LogP contribution in [0.15, 0.2) is 28.7 Å². The molecular formula is C40H58FN3O9. The van der Waals surface area contributed by atoms with Crippen LogP contribution in [-0.4, -0.2) is 93.2 Å². The van der Waals surface area contributed by atoms with Crippen molar-refractivity contribution in [3.63, 3.8) is 0 Å². The number of methoxy groups -OCH3 is 2. The lowest BCUT2D eigenvalue weighted by Gasteiger charge is -2.38. The maximum atomic E-state index is 14.3. The zero-order valence-electron chi connectivity index (χ0n) is 32.0. The lowest BCUT2D eigenvalue weighted by molar-refractivity contribution is -0.142. The van der Waals surface area contributed by atoms with Crippen molar-refractivity contribution in [2.24, 2.45) is 23.7 Å². The fraction of sp³-hybridized carbons (Fsp3) is 0.700. The quantitative estimate of drug-likeness (QED) is 0.154. The number of alkyl halides is 1. The van der Waals surface area contributed by atoms with Crippen LogP contribution >= 0.6 is 0 Å². The van der Waals surface area contributed by atoms with Crippen molar-refractivity contribution >= 4 is 40.5 Å². The fourth-order valence-corrected chi connectivity index (χ4v) is 8.41. The summed E-state index contributed by atoms with van der Waals surface area (Å²) in [7, 11) is 3.37. The number of hydrogen-bond acceptors (Lipinski definition) is 9. The molecule has 5 rings (SSSR count). The number of anilines is 1. The first-order chi connectivity index (χ1) is 25.4. The molecule has 3 atom stereocenters. The minimum absolute atomic E-state index is 0.00459. The molecule has 0 unspecified atom stereocenters. The van der Waals surface area contributed by atoms with Crippen molar-refractivity contribution in [3.05, 3.63) is 30.0 Å². The standard InChI is InChI=1S/C40H58FN3O9/c1-40(2,3)53-39(48)43-32(24-41)26-8-10-27(11-9-26)37(46)44-19-18-31(25-12-15-30(50-5)16-13-25)35(44)36(45)42-29-14-17-33-28(22-29)23-34(52-33)38(47)51-21-7-6-20-49-4/h14,17,22-23,25-27,30-32,35H,6-13,15-16,18-21,24H2,1-5H3,(H,42,45)(H,43,48)/t25?,26?,27?,30?,31-,32+,35+/m0/s1. The largest absolute Gasteiger partial charge is 0.460 e. The summed E-state index contributed by atoms with van der Waals surface area (Å²) in [5, 5.41) is 6.43. The highest BCUT2D eigenvalue weighted by atomic mass is 19.1. The van der Waals surface area contributed by atoms with Gasteiger partial charge < -0.3 is 38.9 Å². The number of amides is 3. The van der Waals surface area contributed by atoms with E-state index in [-0.39, 0.29) is 54.0 Å². The monoisotopic (exact) mass is 743 g/mol. The van der Waals surface area contributed by atoms with Crippen molar-refractivity contribution in [2.75, 3.05) is 46.0 Å². The number of esters is 1. The molecule has 1 saturated heterocycles. The summed E-state index contributed by atoms with van der Waals surface area (Å²) in [6, 6.07) is 5.50. The van der Waals surface area contributed by atoms with Gasteiger partial charge in [-0.05, 0) is 133 Å². The van der Waals surface area contributed by atoms with E-state index in [2.05, 4.69) is 10.6 Å². The molecule has 294 valence electrons. The summed E-state index contributed by atoms with van der Waals surface area (Å²) >= 11 is 0. The molecule has 1 aromatic carbocycles. The van der Waals surface area contributed by atoms with E-state index in [0.717, 1.165) is 38.5 Å². The number of alkyl carbamates (subject to hydrolysis) is 1. The van der Waals surface area contributed by atoms with Crippen LogP contribution in [0.25, 0.3) is 11.0 Å². The second-order valence-corrected chi connectivity index (χ2v) is 15.9. The highest BCUT2D eigenvalue weighted by Gasteiger charge is 2.47. The van der Waals surface area contributed by atoms with Gasteiger partial charge in [0.2, 0.25) is 17.6 Å². The Hall–Kier alpha value is -3.71. The number of nitrogens with one attached hydrogen (secondary N) is 2. The van der Waals surface area contributed by atoms with E-state index in [1.807, 2.05) is 0 Å². The molecule has 3 fully saturated rings. The van der Waals surface area contributed by atoms with Crippen LogP contribution in [0.2, 0.25) is 0 Å². The van der Waals surface area contributed by atoms with Crippen molar-refractivity contribution in [1.29, 1.82) is 0 Å². The van der Waals surface area contributed by atoms with Gasteiger partial charge in [0.25, 0.3) is 0 Å². The molecule has 2 N–H and O–H groups in total. The van der Waals surface area contributed by atoms with Crippen molar-refractivity contribution in [2.45, 2.75) is 115 Å². The third-order valence-electron chi connectivity index (χ3n) is 11.2. The number of hydrogen-bond donors (Lipinski definition) is 2. The Labute approximate surface area is 312 Å². The van der Waals surface area contributed by atoms with Crippen LogP contribution < -0.4 is 10.6 Å². The molecular weight excluding hydrogens is 685 g/mol. The summed E-state index contributed by atoms with van der Waals surface area (Å²) in [4.78, 5) is 55.3. The van der Waals surface area contributed by atoms with Crippen molar-refractivity contribution in [1.82, 2.24) is 10.2 Å². The number of benzene rings is 1. The molecule has 1 aliphatic heterocycles. The van der Waals surface area contributed by atoms with Crippen molar-refractivity contribution < 1.29 is 46.9 Å². The number of unbranched alkanes of at least 4 members (excludes halogenated alkanes) is 1. The van der Waals surface area contributed by atoms with Gasteiger partial charge in [-0.1, -0.05) is 0 Å². The Morgan fingerprint density at radius 3 is 2.32 bits per heavy atom. The summed E-state index contributed by atoms with van der Waals surface area (Å²) in [6.07, 6.45) is 7.76. The number of likely N-dealkylation sites (tertiary alicyclic amines) is 1. The maximum Gasteiger partial charge on any atom is 0.407 e. The van der Waals surface area contributed by atoms with Crippen molar-refractivity contribution in [3.8, 4) is 0 Å². The predicted molar refractivity (Wildman–Crippen MR) is 197 cm³/mol. The Morgan fingerprint density at radius 1 is 0.943 bits per heavy atom. The average molecular weight is 744 g/mol. The van der Waals surface area contributed by atoms with E-state index in [4.69, 9.17) is 23.4 Å². The smallest absolute Gasteiger partial charge is 0.407 e. The van der Waals surface area contributed by atoms with E-state index in [1.54, 1.807) is 64.2 Å². The number of ether oxygens (including phenoxy) is 4. The average Bonchev–Trinajstić information content (AvgIpc) is 3.78. The molecule has 13 heteroatoms. The molecule has 3 aliphatic rings. The molecule has 53 heavy (non-hydrogen) atoms. The number of carbonyl (C=O) groups is 4. The topological polar surface area (TPSA) is 146 Å². The number of furan rings is 1. The molecule has 12 nitrogen and oxygen atoms in total. The van der Waals surface area contributed by atoms with Gasteiger partial charge in [-0.2, -0.15) is 0 Å². The van der Waals surface area contributed by atoms with E-state index >= 15 is 0 Å². The first-order valence-electron chi connectivity index (χ1n) is 19.3. The summed E-state index contributed by atoms with van der Waals surface area (Å²) in [5.74, 6) is -0.845. The third-order valence-corrected chi connectivity index (χ3v) is 11.2. The Balaban J connectivity index is 1.26. The second kappa shape index (κ2) is 18.6. The lowest BCUT2D eigenvalue weighted by Crippen LogP contribution is -2.50. The van der Waals surface area contributed by atoms with E-state index in [0.29, 0.717) is 61.9 Å². The van der Waals surface area contributed by atoms with E-state index < -0.39 is 36.4 Å². The predicted octanol–water partition coefficient (Wildman–Crippen LogP) is 7.05. The Bertz CT molecular complexity index is 1540. The minimum atomic E-state index is -0.713. The summed E-state index contributed by atoms with van der Waals surface area (Å²) < 4.78 is 41.2. The van der Waals surface area contributed by atoms with Crippen LogP contribution in [0.5, 0.6) is 0 Å². The lowest BCUT2D eigenvalue weighted by atomic mass is 9.75. The number of carbonyl (C=O) groups excluding carboxylic acids is 4. The molecule has 2 heterocycles. The van der Waals surface area contributed by atoms with Gasteiger partial charge in [0, 0.05) is 44.4 Å². The minimum Gasteiger partial charge on any atom is -0.460 e. The van der Waals surface area contributed by atoms with E-state index in [9.17, 15) is 23.6 Å². The normalized spacial score (nSPS) is 25.5. The molecule has 0 radical (unpaired) electrons. The molecule has 3 amide bonds. The maximum absolute atomic E-state index is 14.3. The Morgan fingerprint density at radius 2 is 1.66 bits per heavy atom. The van der Waals surface area contributed by atoms with Gasteiger partial charge in [-0.25, -0.2) is 14.0 Å². The first kappa shape index (κ1) is 40.5. The second-order valence-electron chi connectivity index (χ2n) is 15.9. The molecule has 0 spiro atoms. The third kappa shape index (κ3) is 10.7. The van der Waals surface area contributed by atoms with Gasteiger partial charge in [-0.3, -0.25) is 9.59 Å². The number of nitrogens with zero attached hydrogens (tertiary/aromatic N) is 1. The molecule has 2 saturated carbocycles. The first-order valence-corrected chi connectivity index (χ1v) is 19.3. The van der Waals surface area contributed by atoms with Gasteiger partial charge >= 0.3 is 12.1 Å². The van der Waals surface area contributed by atoms with Gasteiger partial charge in [0.15, 0.2) is 0 Å². The van der Waals surface area contributed by atoms with Crippen LogP contribution in [0.4, 0.5) is 14.9 Å². The zero-order chi connectivity index (χ0) is 38.1. The number of rotatable bonds is 14. The highest BCUT2D eigenvalue weighted by Crippen LogP contribution is 2.42. The number of fused-ring (bicyclic) bond motifs is 1. The van der Waals surface area contributed by atoms with Crippen LogP contribution in [0.3, 0.4) is 0 Å². The van der Waals surface area contributed by atoms with Crippen LogP contribution in [-0.2, 0) is 28.5 Å². The Kier molecular flexibility index (Phi) is 14.2. The summed E-state index contributed by atoms with van der Waals surface area (Å²) in [5.41, 5.74) is 0.343. The van der Waals surface area contributed by atoms with Crippen LogP contribution in [0.1, 0.15) is 102 Å². The zero-order valence-corrected chi connectivity index (χ0v) is 32.0. The van der Waals surface area contributed by atoms with Gasteiger partial charge in [-0.15, -0.1) is 0 Å². The molecule has 0 bridgehead atoms. The molecule has 2 aliphatic carbocycles. The van der Waals surface area contributed by atoms with Crippen LogP contribution in [0, 0.1) is 23.7 Å². The molecule has 1 aromatic heterocycles. The SMILES string of the molecule is COCCCCOC(=O)c1cc2cc(NC(=O)[C@H]3[C@H](C4CCC(OC)CC4)CCN3C(=O)C3CCC([C@@H](CF)NC(=O)OC(C)(C)C)CC3)ccc2o1.